The van der Waals surface area contributed by atoms with Gasteiger partial charge in [0.15, 0.2) is 5.22 Å². The number of hydrogen-bond acceptors (Lipinski definition) is 3. The fraction of sp³-hybridized carbons (Fsp3) is 0.273. The highest BCUT2D eigenvalue weighted by Crippen LogP contribution is 2.38. The summed E-state index contributed by atoms with van der Waals surface area (Å²) in [4.78, 5) is 0. The van der Waals surface area contributed by atoms with Gasteiger partial charge in [-0.15, -0.1) is 11.3 Å². The van der Waals surface area contributed by atoms with Crippen LogP contribution in [0.3, 0.4) is 0 Å². The fourth-order valence-electron chi connectivity index (χ4n) is 1.60. The molecule has 2 rings (SSSR count). The minimum atomic E-state index is -0.122. The SMILES string of the molecule is CCNC(c1ccc(Cl)o1)c1cc(Cl)sc1Cl. The van der Waals surface area contributed by atoms with Gasteiger partial charge in [0.05, 0.1) is 14.7 Å². The van der Waals surface area contributed by atoms with Crippen molar-refractivity contribution in [3.63, 3.8) is 0 Å². The zero-order valence-electron chi connectivity index (χ0n) is 8.97. The van der Waals surface area contributed by atoms with Crippen molar-refractivity contribution in [2.45, 2.75) is 13.0 Å². The summed E-state index contributed by atoms with van der Waals surface area (Å²) in [6.45, 7) is 2.80. The summed E-state index contributed by atoms with van der Waals surface area (Å²) in [6.07, 6.45) is 0. The Kier molecular flexibility index (Phi) is 4.39. The highest BCUT2D eigenvalue weighted by molar-refractivity contribution is 7.20. The van der Waals surface area contributed by atoms with Gasteiger partial charge in [-0.25, -0.2) is 0 Å². The molecular weight excluding hydrogens is 301 g/mol. The quantitative estimate of drug-likeness (QED) is 0.859. The van der Waals surface area contributed by atoms with Crippen LogP contribution in [0.15, 0.2) is 22.6 Å². The molecule has 2 heterocycles. The second-order valence-electron chi connectivity index (χ2n) is 3.41. The van der Waals surface area contributed by atoms with E-state index < -0.39 is 0 Å². The summed E-state index contributed by atoms with van der Waals surface area (Å²) in [5.41, 5.74) is 0.912. The lowest BCUT2D eigenvalue weighted by molar-refractivity contribution is 0.454. The normalized spacial score (nSPS) is 12.9. The number of thiophene rings is 1. The van der Waals surface area contributed by atoms with E-state index >= 15 is 0 Å². The van der Waals surface area contributed by atoms with Crippen molar-refractivity contribution in [2.75, 3.05) is 6.54 Å². The summed E-state index contributed by atoms with van der Waals surface area (Å²) < 4.78 is 6.74. The van der Waals surface area contributed by atoms with Gasteiger partial charge in [-0.1, -0.05) is 30.1 Å². The molecular formula is C11H10Cl3NOS. The molecule has 0 amide bonds. The van der Waals surface area contributed by atoms with Gasteiger partial charge < -0.3 is 9.73 Å². The maximum absolute atomic E-state index is 6.15. The van der Waals surface area contributed by atoms with E-state index in [1.807, 2.05) is 19.1 Å². The molecule has 0 saturated heterocycles. The summed E-state index contributed by atoms with van der Waals surface area (Å²) in [6, 6.07) is 5.27. The molecule has 1 N–H and O–H groups in total. The van der Waals surface area contributed by atoms with Gasteiger partial charge in [-0.05, 0) is 36.3 Å². The van der Waals surface area contributed by atoms with Gasteiger partial charge in [0, 0.05) is 5.56 Å². The Morgan fingerprint density at radius 3 is 2.59 bits per heavy atom. The predicted molar refractivity (Wildman–Crippen MR) is 73.6 cm³/mol. The first-order valence-electron chi connectivity index (χ1n) is 5.05. The zero-order valence-corrected chi connectivity index (χ0v) is 12.1. The van der Waals surface area contributed by atoms with Gasteiger partial charge in [0.1, 0.15) is 5.76 Å². The van der Waals surface area contributed by atoms with Crippen molar-refractivity contribution >= 4 is 46.1 Å². The minimum absolute atomic E-state index is 0.122. The van der Waals surface area contributed by atoms with Gasteiger partial charge in [-0.3, -0.25) is 0 Å². The van der Waals surface area contributed by atoms with Crippen LogP contribution in [-0.4, -0.2) is 6.54 Å². The van der Waals surface area contributed by atoms with Crippen LogP contribution >= 0.6 is 46.1 Å². The second kappa shape index (κ2) is 5.63. The van der Waals surface area contributed by atoms with Crippen LogP contribution in [0.2, 0.25) is 13.9 Å². The van der Waals surface area contributed by atoms with Gasteiger partial charge in [0.2, 0.25) is 0 Å². The summed E-state index contributed by atoms with van der Waals surface area (Å²) in [5, 5.41) is 3.66. The number of halogens is 3. The molecule has 6 heteroatoms. The highest BCUT2D eigenvalue weighted by atomic mass is 35.5. The van der Waals surface area contributed by atoms with Crippen molar-refractivity contribution in [3.8, 4) is 0 Å². The van der Waals surface area contributed by atoms with E-state index in [0.717, 1.165) is 17.9 Å². The van der Waals surface area contributed by atoms with Crippen LogP contribution < -0.4 is 5.32 Å². The van der Waals surface area contributed by atoms with Crippen LogP contribution in [0.1, 0.15) is 24.3 Å². The molecule has 2 aromatic heterocycles. The number of furan rings is 1. The van der Waals surface area contributed by atoms with Crippen LogP contribution in [-0.2, 0) is 0 Å². The molecule has 1 unspecified atom stereocenters. The number of nitrogens with one attached hydrogen (secondary N) is 1. The van der Waals surface area contributed by atoms with Crippen molar-refractivity contribution in [1.82, 2.24) is 5.32 Å². The molecule has 2 aromatic rings. The topological polar surface area (TPSA) is 25.2 Å². The molecule has 0 aliphatic carbocycles. The summed E-state index contributed by atoms with van der Waals surface area (Å²) in [7, 11) is 0. The maximum Gasteiger partial charge on any atom is 0.193 e. The first kappa shape index (κ1) is 13.2. The molecule has 0 fully saturated rings. The van der Waals surface area contributed by atoms with Crippen molar-refractivity contribution in [2.24, 2.45) is 0 Å². The summed E-state index contributed by atoms with van der Waals surface area (Å²) >= 11 is 19.2. The molecule has 92 valence electrons. The Hall–Kier alpha value is -0.190. The standard InChI is InChI=1S/C11H10Cl3NOS/c1-2-15-10(7-3-4-8(12)16-7)6-5-9(13)17-11(6)14/h3-5,10,15H,2H2,1H3. The maximum atomic E-state index is 6.15. The van der Waals surface area contributed by atoms with E-state index in [4.69, 9.17) is 39.2 Å². The number of hydrogen-bond donors (Lipinski definition) is 1. The van der Waals surface area contributed by atoms with Crippen LogP contribution in [0.25, 0.3) is 0 Å². The Balaban J connectivity index is 2.38. The lowest BCUT2D eigenvalue weighted by Crippen LogP contribution is -2.21. The first-order valence-corrected chi connectivity index (χ1v) is 7.00. The third kappa shape index (κ3) is 2.98. The van der Waals surface area contributed by atoms with Crippen molar-refractivity contribution in [3.05, 3.63) is 43.4 Å². The smallest absolute Gasteiger partial charge is 0.193 e. The lowest BCUT2D eigenvalue weighted by atomic mass is 10.1. The highest BCUT2D eigenvalue weighted by Gasteiger charge is 2.21. The van der Waals surface area contributed by atoms with E-state index in [1.54, 1.807) is 6.07 Å². The summed E-state index contributed by atoms with van der Waals surface area (Å²) in [5.74, 6) is 0.730. The van der Waals surface area contributed by atoms with Crippen LogP contribution in [0.4, 0.5) is 0 Å². The molecule has 0 bridgehead atoms. The molecule has 0 aromatic carbocycles. The largest absolute Gasteiger partial charge is 0.448 e. The molecule has 0 aliphatic rings. The van der Waals surface area contributed by atoms with Crippen molar-refractivity contribution < 1.29 is 4.42 Å². The molecule has 0 aliphatic heterocycles. The zero-order chi connectivity index (χ0) is 12.4. The first-order chi connectivity index (χ1) is 8.11. The van der Waals surface area contributed by atoms with E-state index in [2.05, 4.69) is 5.32 Å². The van der Waals surface area contributed by atoms with Crippen LogP contribution in [0.5, 0.6) is 0 Å². The van der Waals surface area contributed by atoms with Crippen molar-refractivity contribution in [1.29, 1.82) is 0 Å². The minimum Gasteiger partial charge on any atom is -0.448 e. The van der Waals surface area contributed by atoms with E-state index in [9.17, 15) is 0 Å². The Labute approximate surface area is 118 Å². The van der Waals surface area contributed by atoms with Crippen LogP contribution in [0, 0.1) is 0 Å². The Morgan fingerprint density at radius 1 is 1.35 bits per heavy atom. The lowest BCUT2D eigenvalue weighted by Gasteiger charge is -2.14. The monoisotopic (exact) mass is 309 g/mol. The molecule has 0 saturated carbocycles. The molecule has 0 radical (unpaired) electrons. The molecule has 2 nitrogen and oxygen atoms in total. The predicted octanol–water partition coefficient (Wildman–Crippen LogP) is 5.00. The van der Waals surface area contributed by atoms with E-state index in [1.165, 1.54) is 11.3 Å². The Morgan fingerprint density at radius 2 is 2.12 bits per heavy atom. The second-order valence-corrected chi connectivity index (χ2v) is 6.07. The van der Waals surface area contributed by atoms with E-state index in [0.29, 0.717) is 13.9 Å². The third-order valence-electron chi connectivity index (χ3n) is 2.28. The van der Waals surface area contributed by atoms with Gasteiger partial charge >= 0.3 is 0 Å². The van der Waals surface area contributed by atoms with Gasteiger partial charge in [0.25, 0.3) is 0 Å². The molecule has 0 spiro atoms. The third-order valence-corrected chi connectivity index (χ3v) is 4.00. The Bertz CT molecular complexity index is 509. The molecule has 1 atom stereocenters. The molecule has 17 heavy (non-hydrogen) atoms. The average Bonchev–Trinajstić information content (AvgIpc) is 2.82. The fourth-order valence-corrected chi connectivity index (χ4v) is 3.29. The van der Waals surface area contributed by atoms with E-state index in [-0.39, 0.29) is 6.04 Å². The van der Waals surface area contributed by atoms with Gasteiger partial charge in [-0.2, -0.15) is 0 Å². The number of rotatable bonds is 4. The average molecular weight is 311 g/mol.